The maximum atomic E-state index is 11.1. The van der Waals surface area contributed by atoms with Gasteiger partial charge in [0.15, 0.2) is 0 Å². The topological polar surface area (TPSA) is 74.6 Å². The van der Waals surface area contributed by atoms with Crippen molar-refractivity contribution in [3.63, 3.8) is 0 Å². The molecule has 0 aromatic heterocycles. The van der Waals surface area contributed by atoms with Crippen LogP contribution in [0.3, 0.4) is 0 Å². The van der Waals surface area contributed by atoms with Gasteiger partial charge in [-0.15, -0.1) is 0 Å². The average molecular weight is 200 g/mol. The first-order chi connectivity index (χ1) is 5.91. The largest absolute Gasteiger partial charge is 0.396 e. The maximum absolute atomic E-state index is 11.1. The van der Waals surface area contributed by atoms with Gasteiger partial charge >= 0.3 is 7.60 Å². The van der Waals surface area contributed by atoms with Gasteiger partial charge in [-0.3, -0.25) is 9.36 Å². The molecule has 0 heterocycles. The zero-order valence-electron chi connectivity index (χ0n) is 6.97. The fraction of sp³-hybridized carbons (Fsp3) is 0.125. The van der Waals surface area contributed by atoms with Gasteiger partial charge in [0.05, 0.1) is 0 Å². The van der Waals surface area contributed by atoms with Crippen LogP contribution in [0.5, 0.6) is 0 Å². The van der Waals surface area contributed by atoms with E-state index >= 15 is 0 Å². The number of carbonyl (C=O) groups excluding carboxylic acids is 1. The summed E-state index contributed by atoms with van der Waals surface area (Å²) in [6.07, 6.45) is 0. The van der Waals surface area contributed by atoms with Crippen LogP contribution in [0.15, 0.2) is 24.3 Å². The Morgan fingerprint density at radius 1 is 1.38 bits per heavy atom. The fourth-order valence-corrected chi connectivity index (χ4v) is 1.42. The molecule has 5 heteroatoms. The third-order valence-corrected chi connectivity index (χ3v) is 2.32. The Morgan fingerprint density at radius 3 is 2.46 bits per heavy atom. The average Bonchev–Trinajstić information content (AvgIpc) is 2.01. The number of hydrogen-bond acceptors (Lipinski definition) is 2. The lowest BCUT2D eigenvalue weighted by molar-refractivity contribution is 0.104. The summed E-state index contributed by atoms with van der Waals surface area (Å²) in [4.78, 5) is 28.2. The van der Waals surface area contributed by atoms with E-state index in [1.165, 1.54) is 12.1 Å². The molecule has 1 aromatic rings. The lowest BCUT2D eigenvalue weighted by Crippen LogP contribution is -1.99. The molecule has 70 valence electrons. The molecule has 0 fully saturated rings. The summed E-state index contributed by atoms with van der Waals surface area (Å²) in [5.41, 5.74) is -0.288. The second kappa shape index (κ2) is 3.42. The first-order valence-electron chi connectivity index (χ1n) is 3.58. The molecule has 0 radical (unpaired) electrons. The van der Waals surface area contributed by atoms with E-state index in [1.54, 1.807) is 19.1 Å². The van der Waals surface area contributed by atoms with Gasteiger partial charge in [0, 0.05) is 5.56 Å². The van der Waals surface area contributed by atoms with Crippen LogP contribution in [0.2, 0.25) is 0 Å². The van der Waals surface area contributed by atoms with Crippen molar-refractivity contribution >= 4 is 13.1 Å². The van der Waals surface area contributed by atoms with Crippen LogP contribution in [-0.4, -0.2) is 15.3 Å². The Kier molecular flexibility index (Phi) is 2.66. The van der Waals surface area contributed by atoms with Crippen molar-refractivity contribution in [3.05, 3.63) is 35.4 Å². The van der Waals surface area contributed by atoms with Crippen LogP contribution in [0.25, 0.3) is 0 Å². The second-order valence-electron chi connectivity index (χ2n) is 2.72. The van der Waals surface area contributed by atoms with Gasteiger partial charge in [-0.1, -0.05) is 23.8 Å². The number of rotatable bonds is 2. The van der Waals surface area contributed by atoms with E-state index in [0.717, 1.165) is 5.56 Å². The summed E-state index contributed by atoms with van der Waals surface area (Å²) < 4.78 is 10.6. The lowest BCUT2D eigenvalue weighted by Gasteiger charge is -2.02. The predicted molar refractivity (Wildman–Crippen MR) is 47.6 cm³/mol. The van der Waals surface area contributed by atoms with Crippen molar-refractivity contribution in [3.8, 4) is 0 Å². The molecule has 0 unspecified atom stereocenters. The first-order valence-corrected chi connectivity index (χ1v) is 5.19. The molecule has 0 saturated heterocycles. The van der Waals surface area contributed by atoms with Crippen molar-refractivity contribution in [1.29, 1.82) is 0 Å². The predicted octanol–water partition coefficient (Wildman–Crippen LogP) is 1.31. The lowest BCUT2D eigenvalue weighted by atomic mass is 10.2. The third-order valence-electron chi connectivity index (χ3n) is 1.53. The Morgan fingerprint density at radius 2 is 2.00 bits per heavy atom. The van der Waals surface area contributed by atoms with Crippen LogP contribution in [0.4, 0.5) is 0 Å². The van der Waals surface area contributed by atoms with Crippen LogP contribution in [-0.2, 0) is 4.57 Å². The van der Waals surface area contributed by atoms with Crippen molar-refractivity contribution in [1.82, 2.24) is 0 Å². The van der Waals surface area contributed by atoms with Crippen molar-refractivity contribution < 1.29 is 19.1 Å². The Balaban J connectivity index is 3.10. The standard InChI is InChI=1S/C8H9O4P/c1-6-3-2-4-7(5-6)8(9)13(10,11)12/h2-5H,1H3,(H2,10,11,12). The van der Waals surface area contributed by atoms with Crippen molar-refractivity contribution in [2.24, 2.45) is 0 Å². The number of carbonyl (C=O) groups is 1. The third kappa shape index (κ3) is 2.49. The number of hydrogen-bond donors (Lipinski definition) is 2. The van der Waals surface area contributed by atoms with E-state index in [-0.39, 0.29) is 5.56 Å². The van der Waals surface area contributed by atoms with Gasteiger partial charge in [-0.05, 0) is 13.0 Å². The zero-order chi connectivity index (χ0) is 10.1. The van der Waals surface area contributed by atoms with Crippen molar-refractivity contribution in [2.75, 3.05) is 0 Å². The highest BCUT2D eigenvalue weighted by Gasteiger charge is 2.26. The molecule has 2 N–H and O–H groups in total. The summed E-state index contributed by atoms with van der Waals surface area (Å²) in [5.74, 6) is 0. The van der Waals surface area contributed by atoms with E-state index in [4.69, 9.17) is 9.79 Å². The monoisotopic (exact) mass is 200 g/mol. The summed E-state index contributed by atoms with van der Waals surface area (Å²) in [6.45, 7) is 1.75. The van der Waals surface area contributed by atoms with E-state index in [1.807, 2.05) is 0 Å². The minimum atomic E-state index is -4.64. The summed E-state index contributed by atoms with van der Waals surface area (Å²) in [5, 5.41) is 0. The van der Waals surface area contributed by atoms with E-state index < -0.39 is 13.1 Å². The minimum absolute atomic E-state index is 0.0494. The Bertz CT molecular complexity index is 379. The van der Waals surface area contributed by atoms with Gasteiger partial charge in [0.2, 0.25) is 0 Å². The fourth-order valence-electron chi connectivity index (χ4n) is 0.946. The first kappa shape index (κ1) is 10.1. The zero-order valence-corrected chi connectivity index (χ0v) is 7.86. The van der Waals surface area contributed by atoms with Gasteiger partial charge < -0.3 is 9.79 Å². The summed E-state index contributed by atoms with van der Waals surface area (Å²) >= 11 is 0. The molecule has 0 aliphatic heterocycles. The number of aryl methyl sites for hydroxylation is 1. The smallest absolute Gasteiger partial charge is 0.319 e. The molecule has 0 amide bonds. The second-order valence-corrected chi connectivity index (χ2v) is 4.21. The molecule has 0 spiro atoms. The van der Waals surface area contributed by atoms with Gasteiger partial charge in [0.1, 0.15) is 0 Å². The van der Waals surface area contributed by atoms with E-state index in [0.29, 0.717) is 0 Å². The normalized spacial score (nSPS) is 11.3. The highest BCUT2D eigenvalue weighted by atomic mass is 31.2. The molecule has 0 aliphatic carbocycles. The van der Waals surface area contributed by atoms with E-state index in [9.17, 15) is 9.36 Å². The molecule has 0 saturated carbocycles. The maximum Gasteiger partial charge on any atom is 0.396 e. The SMILES string of the molecule is Cc1cccc(C(=O)P(=O)(O)O)c1. The molecular weight excluding hydrogens is 191 g/mol. The molecule has 1 aromatic carbocycles. The van der Waals surface area contributed by atoms with Crippen LogP contribution in [0, 0.1) is 6.92 Å². The molecule has 13 heavy (non-hydrogen) atoms. The molecule has 4 nitrogen and oxygen atoms in total. The number of benzene rings is 1. The molecule has 0 aliphatic rings. The summed E-state index contributed by atoms with van der Waals surface area (Å²) in [7, 11) is -4.64. The van der Waals surface area contributed by atoms with Gasteiger partial charge in [-0.2, -0.15) is 0 Å². The highest BCUT2D eigenvalue weighted by molar-refractivity contribution is 7.70. The molecular formula is C8H9O4P. The van der Waals surface area contributed by atoms with Crippen LogP contribution in [0.1, 0.15) is 15.9 Å². The van der Waals surface area contributed by atoms with E-state index in [2.05, 4.69) is 0 Å². The van der Waals surface area contributed by atoms with Crippen LogP contribution >= 0.6 is 7.60 Å². The molecule has 1 rings (SSSR count). The Hall–Kier alpha value is -0.960. The Labute approximate surface area is 75.4 Å². The minimum Gasteiger partial charge on any atom is -0.319 e. The van der Waals surface area contributed by atoms with Gasteiger partial charge in [-0.25, -0.2) is 0 Å². The summed E-state index contributed by atoms with van der Waals surface area (Å²) in [6, 6.07) is 6.16. The molecule has 0 atom stereocenters. The molecule has 0 bridgehead atoms. The quantitative estimate of drug-likeness (QED) is 0.706. The van der Waals surface area contributed by atoms with Gasteiger partial charge in [0.25, 0.3) is 5.52 Å². The highest BCUT2D eigenvalue weighted by Crippen LogP contribution is 2.38. The van der Waals surface area contributed by atoms with Crippen molar-refractivity contribution in [2.45, 2.75) is 6.92 Å². The van der Waals surface area contributed by atoms with Crippen LogP contribution < -0.4 is 0 Å².